The van der Waals surface area contributed by atoms with Crippen LogP contribution in [0.15, 0.2) is 12.7 Å². The first kappa shape index (κ1) is 9.35. The molecule has 1 aliphatic carbocycles. The molecule has 0 saturated heterocycles. The van der Waals surface area contributed by atoms with E-state index in [4.69, 9.17) is 6.42 Å². The van der Waals surface area contributed by atoms with Gasteiger partial charge in [0.2, 0.25) is 0 Å². The van der Waals surface area contributed by atoms with Crippen LogP contribution in [0.3, 0.4) is 0 Å². The van der Waals surface area contributed by atoms with Crippen molar-refractivity contribution < 1.29 is 5.11 Å². The molecule has 0 amide bonds. The first-order valence-electron chi connectivity index (χ1n) is 4.52. The SMILES string of the molecule is C#CC[C@H]1CCCC[C@@]1(O)C=C. The van der Waals surface area contributed by atoms with E-state index < -0.39 is 5.60 Å². The Morgan fingerprint density at radius 3 is 3.00 bits per heavy atom. The summed E-state index contributed by atoms with van der Waals surface area (Å²) in [5.41, 5.74) is -0.690. The molecular weight excluding hydrogens is 148 g/mol. The number of hydrogen-bond acceptors (Lipinski definition) is 1. The second kappa shape index (κ2) is 3.78. The molecule has 0 unspecified atom stereocenters. The van der Waals surface area contributed by atoms with Gasteiger partial charge >= 0.3 is 0 Å². The Kier molecular flexibility index (Phi) is 2.94. The molecule has 12 heavy (non-hydrogen) atoms. The van der Waals surface area contributed by atoms with Gasteiger partial charge in [-0.15, -0.1) is 18.9 Å². The summed E-state index contributed by atoms with van der Waals surface area (Å²) < 4.78 is 0. The van der Waals surface area contributed by atoms with E-state index >= 15 is 0 Å². The van der Waals surface area contributed by atoms with E-state index in [2.05, 4.69) is 12.5 Å². The zero-order valence-electron chi connectivity index (χ0n) is 7.42. The maximum atomic E-state index is 10.1. The molecule has 1 saturated carbocycles. The monoisotopic (exact) mass is 164 g/mol. The molecule has 0 radical (unpaired) electrons. The molecule has 1 N–H and O–H groups in total. The smallest absolute Gasteiger partial charge is 0.0862 e. The molecule has 0 heterocycles. The molecule has 66 valence electrons. The van der Waals surface area contributed by atoms with Gasteiger partial charge < -0.3 is 5.11 Å². The molecule has 1 nitrogen and oxygen atoms in total. The van der Waals surface area contributed by atoms with Gasteiger partial charge in [0.25, 0.3) is 0 Å². The van der Waals surface area contributed by atoms with Crippen molar-refractivity contribution in [3.63, 3.8) is 0 Å². The predicted octanol–water partition coefficient (Wildman–Crippen LogP) is 2.12. The van der Waals surface area contributed by atoms with Gasteiger partial charge in [0, 0.05) is 12.3 Å². The van der Waals surface area contributed by atoms with E-state index in [1.807, 2.05) is 0 Å². The van der Waals surface area contributed by atoms with Crippen molar-refractivity contribution in [2.75, 3.05) is 0 Å². The van der Waals surface area contributed by atoms with E-state index in [-0.39, 0.29) is 5.92 Å². The van der Waals surface area contributed by atoms with Crippen molar-refractivity contribution in [1.82, 2.24) is 0 Å². The van der Waals surface area contributed by atoms with Gasteiger partial charge in [0.1, 0.15) is 0 Å². The standard InChI is InChI=1S/C11H16O/c1-3-7-10-8-5-6-9-11(10,12)4-2/h1,4,10,12H,2,5-9H2/t10-,11-/m0/s1. The lowest BCUT2D eigenvalue weighted by molar-refractivity contribution is -0.00218. The van der Waals surface area contributed by atoms with Gasteiger partial charge in [-0.1, -0.05) is 18.9 Å². The molecule has 1 rings (SSSR count). The van der Waals surface area contributed by atoms with E-state index in [1.54, 1.807) is 6.08 Å². The van der Waals surface area contributed by atoms with Crippen molar-refractivity contribution in [3.05, 3.63) is 12.7 Å². The highest BCUT2D eigenvalue weighted by Gasteiger charge is 2.35. The molecule has 0 aromatic heterocycles. The Hall–Kier alpha value is -0.740. The second-order valence-corrected chi connectivity index (χ2v) is 3.55. The Labute approximate surface area is 74.5 Å². The van der Waals surface area contributed by atoms with Crippen LogP contribution >= 0.6 is 0 Å². The van der Waals surface area contributed by atoms with E-state index in [9.17, 15) is 5.11 Å². The topological polar surface area (TPSA) is 20.2 Å². The van der Waals surface area contributed by atoms with Crippen LogP contribution in [0.5, 0.6) is 0 Å². The van der Waals surface area contributed by atoms with Crippen LogP contribution in [-0.4, -0.2) is 10.7 Å². The van der Waals surface area contributed by atoms with Crippen LogP contribution in [0.2, 0.25) is 0 Å². The third kappa shape index (κ3) is 1.70. The van der Waals surface area contributed by atoms with Gasteiger partial charge in [-0.05, 0) is 12.8 Å². The van der Waals surface area contributed by atoms with Gasteiger partial charge in [-0.25, -0.2) is 0 Å². The molecule has 0 spiro atoms. The molecule has 0 bridgehead atoms. The Balaban J connectivity index is 2.67. The molecule has 2 atom stereocenters. The fraction of sp³-hybridized carbons (Fsp3) is 0.636. The minimum absolute atomic E-state index is 0.230. The molecule has 1 aliphatic rings. The summed E-state index contributed by atoms with van der Waals surface area (Å²) in [5, 5.41) is 10.1. The zero-order valence-corrected chi connectivity index (χ0v) is 7.42. The number of terminal acetylenes is 1. The van der Waals surface area contributed by atoms with Crippen LogP contribution in [0.1, 0.15) is 32.1 Å². The largest absolute Gasteiger partial charge is 0.385 e. The number of rotatable bonds is 2. The summed E-state index contributed by atoms with van der Waals surface area (Å²) in [4.78, 5) is 0. The molecule has 0 aliphatic heterocycles. The molecule has 1 heteroatoms. The number of aliphatic hydroxyl groups is 1. The first-order chi connectivity index (χ1) is 5.73. The van der Waals surface area contributed by atoms with Gasteiger partial charge in [0.15, 0.2) is 0 Å². The van der Waals surface area contributed by atoms with Crippen molar-refractivity contribution in [3.8, 4) is 12.3 Å². The summed E-state index contributed by atoms with van der Waals surface area (Å²) in [6, 6.07) is 0. The summed E-state index contributed by atoms with van der Waals surface area (Å²) in [6.45, 7) is 3.67. The minimum Gasteiger partial charge on any atom is -0.385 e. The average molecular weight is 164 g/mol. The van der Waals surface area contributed by atoms with Crippen LogP contribution in [0.25, 0.3) is 0 Å². The molecule has 0 aromatic rings. The van der Waals surface area contributed by atoms with Crippen LogP contribution in [0.4, 0.5) is 0 Å². The average Bonchev–Trinajstić information content (AvgIpc) is 2.10. The molecule has 0 aromatic carbocycles. The fourth-order valence-electron chi connectivity index (χ4n) is 1.94. The van der Waals surface area contributed by atoms with Crippen molar-refractivity contribution >= 4 is 0 Å². The Bertz CT molecular complexity index is 202. The minimum atomic E-state index is -0.690. The summed E-state index contributed by atoms with van der Waals surface area (Å²) in [6.07, 6.45) is 11.7. The Morgan fingerprint density at radius 1 is 1.67 bits per heavy atom. The van der Waals surface area contributed by atoms with Crippen molar-refractivity contribution in [2.45, 2.75) is 37.7 Å². The second-order valence-electron chi connectivity index (χ2n) is 3.55. The predicted molar refractivity (Wildman–Crippen MR) is 50.6 cm³/mol. The lowest BCUT2D eigenvalue weighted by Gasteiger charge is -2.36. The number of hydrogen-bond donors (Lipinski definition) is 1. The van der Waals surface area contributed by atoms with E-state index in [1.165, 1.54) is 6.42 Å². The summed E-state index contributed by atoms with van der Waals surface area (Å²) in [5.74, 6) is 2.85. The summed E-state index contributed by atoms with van der Waals surface area (Å²) >= 11 is 0. The van der Waals surface area contributed by atoms with E-state index in [0.29, 0.717) is 6.42 Å². The Morgan fingerprint density at radius 2 is 2.42 bits per heavy atom. The van der Waals surface area contributed by atoms with Crippen LogP contribution < -0.4 is 0 Å². The fourth-order valence-corrected chi connectivity index (χ4v) is 1.94. The van der Waals surface area contributed by atoms with E-state index in [0.717, 1.165) is 19.3 Å². The lowest BCUT2D eigenvalue weighted by atomic mass is 9.74. The van der Waals surface area contributed by atoms with Crippen molar-refractivity contribution in [2.24, 2.45) is 5.92 Å². The molecule has 1 fully saturated rings. The normalized spacial score (nSPS) is 35.5. The summed E-state index contributed by atoms with van der Waals surface area (Å²) in [7, 11) is 0. The van der Waals surface area contributed by atoms with Crippen molar-refractivity contribution in [1.29, 1.82) is 0 Å². The third-order valence-corrected chi connectivity index (χ3v) is 2.80. The van der Waals surface area contributed by atoms with Gasteiger partial charge in [-0.3, -0.25) is 0 Å². The highest BCUT2D eigenvalue weighted by Crippen LogP contribution is 2.36. The first-order valence-corrected chi connectivity index (χ1v) is 4.52. The van der Waals surface area contributed by atoms with Crippen LogP contribution in [0, 0.1) is 18.3 Å². The highest BCUT2D eigenvalue weighted by atomic mass is 16.3. The van der Waals surface area contributed by atoms with Crippen LogP contribution in [-0.2, 0) is 0 Å². The maximum Gasteiger partial charge on any atom is 0.0862 e. The highest BCUT2D eigenvalue weighted by molar-refractivity contribution is 5.05. The maximum absolute atomic E-state index is 10.1. The zero-order chi connectivity index (χ0) is 9.03. The van der Waals surface area contributed by atoms with Gasteiger partial charge in [0.05, 0.1) is 5.60 Å². The third-order valence-electron chi connectivity index (χ3n) is 2.80. The molecular formula is C11H16O. The quantitative estimate of drug-likeness (QED) is 0.489. The van der Waals surface area contributed by atoms with Gasteiger partial charge in [-0.2, -0.15) is 0 Å². The lowest BCUT2D eigenvalue weighted by Crippen LogP contribution is -2.38.